The Kier molecular flexibility index (Phi) is 8.05. The maximum atomic E-state index is 12.3. The summed E-state index contributed by atoms with van der Waals surface area (Å²) in [7, 11) is -1.87. The minimum Gasteiger partial charge on any atom is -0.417 e. The van der Waals surface area contributed by atoms with Crippen LogP contribution in [-0.4, -0.2) is 36.6 Å². The van der Waals surface area contributed by atoms with E-state index in [1.165, 1.54) is 11.1 Å². The predicted octanol–water partition coefficient (Wildman–Crippen LogP) is 6.73. The van der Waals surface area contributed by atoms with Crippen LogP contribution in [0.5, 0.6) is 0 Å². The summed E-state index contributed by atoms with van der Waals surface area (Å²) in [6.45, 7) is 11.5. The topological polar surface area (TPSA) is 72.6 Å². The third kappa shape index (κ3) is 5.29. The molecule has 1 N–H and O–H groups in total. The molecule has 0 spiro atoms. The standard InChI is InChI=1S/C28H41NO4Si/c1-26(2,3)34(4,5)33-22-12-17-25(30)28(29(31)32)20-18-27(19-21-28,23-13-8-6-9-14-23)24-15-10-7-11-16-24/h6-11,13-16,25,30H,12,17-22H2,1-5H3/t25-/m1/s1. The predicted molar refractivity (Wildman–Crippen MR) is 140 cm³/mol. The Labute approximate surface area is 205 Å². The Morgan fingerprint density at radius 2 is 1.44 bits per heavy atom. The fourth-order valence-electron chi connectivity index (χ4n) is 5.09. The minimum absolute atomic E-state index is 0.120. The fourth-order valence-corrected chi connectivity index (χ4v) is 6.18. The van der Waals surface area contributed by atoms with Crippen molar-refractivity contribution in [2.24, 2.45) is 0 Å². The van der Waals surface area contributed by atoms with E-state index in [1.54, 1.807) is 0 Å². The van der Waals surface area contributed by atoms with E-state index < -0.39 is 20.0 Å². The number of benzene rings is 2. The molecule has 0 radical (unpaired) electrons. The van der Waals surface area contributed by atoms with Crippen LogP contribution in [0.15, 0.2) is 60.7 Å². The molecule has 0 aromatic heterocycles. The number of aliphatic hydroxyl groups is 1. The molecule has 1 aliphatic rings. The van der Waals surface area contributed by atoms with Crippen LogP contribution in [-0.2, 0) is 9.84 Å². The van der Waals surface area contributed by atoms with Crippen LogP contribution < -0.4 is 0 Å². The summed E-state index contributed by atoms with van der Waals surface area (Å²) in [5, 5.41) is 23.6. The molecule has 0 amide bonds. The number of nitrogens with zero attached hydrogens (tertiary/aromatic N) is 1. The number of aliphatic hydroxyl groups excluding tert-OH is 1. The third-order valence-corrected chi connectivity index (χ3v) is 13.0. The molecule has 1 saturated carbocycles. The number of hydrogen-bond donors (Lipinski definition) is 1. The highest BCUT2D eigenvalue weighted by molar-refractivity contribution is 6.74. The lowest BCUT2D eigenvalue weighted by Crippen LogP contribution is -2.54. The minimum atomic E-state index is -1.87. The van der Waals surface area contributed by atoms with Gasteiger partial charge in [0.05, 0.1) is 0 Å². The van der Waals surface area contributed by atoms with Gasteiger partial charge in [0.1, 0.15) is 6.10 Å². The van der Waals surface area contributed by atoms with Gasteiger partial charge in [-0.15, -0.1) is 0 Å². The van der Waals surface area contributed by atoms with E-state index in [9.17, 15) is 15.2 Å². The van der Waals surface area contributed by atoms with Crippen molar-refractivity contribution in [3.63, 3.8) is 0 Å². The Balaban J connectivity index is 1.74. The second-order valence-electron chi connectivity index (χ2n) is 11.4. The van der Waals surface area contributed by atoms with Gasteiger partial charge in [-0.25, -0.2) is 0 Å². The van der Waals surface area contributed by atoms with Crippen molar-refractivity contribution in [1.29, 1.82) is 0 Å². The average molecular weight is 484 g/mol. The van der Waals surface area contributed by atoms with Gasteiger partial charge in [0.15, 0.2) is 8.32 Å². The number of hydrogen-bond acceptors (Lipinski definition) is 4. The van der Waals surface area contributed by atoms with Crippen molar-refractivity contribution in [2.45, 2.75) is 94.5 Å². The normalized spacial score (nSPS) is 18.9. The van der Waals surface area contributed by atoms with Crippen LogP contribution in [0, 0.1) is 10.1 Å². The van der Waals surface area contributed by atoms with E-state index in [4.69, 9.17) is 4.43 Å². The summed E-state index contributed by atoms with van der Waals surface area (Å²) >= 11 is 0. The van der Waals surface area contributed by atoms with Crippen LogP contribution in [0.25, 0.3) is 0 Å². The van der Waals surface area contributed by atoms with Gasteiger partial charge in [-0.2, -0.15) is 0 Å². The molecule has 1 aliphatic carbocycles. The van der Waals surface area contributed by atoms with Gasteiger partial charge >= 0.3 is 0 Å². The van der Waals surface area contributed by atoms with Gasteiger partial charge < -0.3 is 9.53 Å². The molecule has 2 aromatic rings. The Hall–Kier alpha value is -2.02. The first-order chi connectivity index (χ1) is 15.9. The first-order valence-electron chi connectivity index (χ1n) is 12.5. The summed E-state index contributed by atoms with van der Waals surface area (Å²) in [4.78, 5) is 12.1. The Bertz CT molecular complexity index is 890. The van der Waals surface area contributed by atoms with Crippen LogP contribution >= 0.6 is 0 Å². The Morgan fingerprint density at radius 3 is 1.85 bits per heavy atom. The zero-order chi connectivity index (χ0) is 25.0. The van der Waals surface area contributed by atoms with Gasteiger partial charge in [0.2, 0.25) is 5.54 Å². The summed E-state index contributed by atoms with van der Waals surface area (Å²) in [6.07, 6.45) is 2.03. The van der Waals surface area contributed by atoms with E-state index in [2.05, 4.69) is 58.1 Å². The molecule has 186 valence electrons. The lowest BCUT2D eigenvalue weighted by molar-refractivity contribution is -0.589. The average Bonchev–Trinajstić information content (AvgIpc) is 2.82. The molecule has 0 heterocycles. The fraction of sp³-hybridized carbons (Fsp3) is 0.571. The second-order valence-corrected chi connectivity index (χ2v) is 16.3. The van der Waals surface area contributed by atoms with Crippen molar-refractivity contribution in [3.8, 4) is 0 Å². The zero-order valence-electron chi connectivity index (χ0n) is 21.4. The molecule has 34 heavy (non-hydrogen) atoms. The SMILES string of the molecule is CC(C)(C)[Si](C)(C)OCCC[C@@H](O)C1([N+](=O)[O-])CCC(c2ccccc2)(c2ccccc2)CC1. The van der Waals surface area contributed by atoms with E-state index in [-0.39, 0.29) is 15.4 Å². The monoisotopic (exact) mass is 483 g/mol. The zero-order valence-corrected chi connectivity index (χ0v) is 22.4. The van der Waals surface area contributed by atoms with Gasteiger partial charge in [0.25, 0.3) is 0 Å². The Morgan fingerprint density at radius 1 is 0.971 bits per heavy atom. The number of rotatable bonds is 9. The first kappa shape index (κ1) is 26.6. The van der Waals surface area contributed by atoms with E-state index in [0.717, 1.165) is 0 Å². The van der Waals surface area contributed by atoms with Gasteiger partial charge in [-0.3, -0.25) is 10.1 Å². The van der Waals surface area contributed by atoms with Crippen molar-refractivity contribution in [2.75, 3.05) is 6.61 Å². The second kappa shape index (κ2) is 10.3. The lowest BCUT2D eigenvalue weighted by Gasteiger charge is -2.44. The quantitative estimate of drug-likeness (QED) is 0.186. The molecule has 3 rings (SSSR count). The van der Waals surface area contributed by atoms with Crippen LogP contribution in [0.4, 0.5) is 0 Å². The van der Waals surface area contributed by atoms with Crippen molar-refractivity contribution in [3.05, 3.63) is 81.9 Å². The molecule has 0 unspecified atom stereocenters. The molecule has 6 heteroatoms. The van der Waals surface area contributed by atoms with Crippen LogP contribution in [0.3, 0.4) is 0 Å². The maximum Gasteiger partial charge on any atom is 0.247 e. The summed E-state index contributed by atoms with van der Waals surface area (Å²) in [5.74, 6) is 0. The largest absolute Gasteiger partial charge is 0.417 e. The van der Waals surface area contributed by atoms with Crippen molar-refractivity contribution < 1.29 is 14.5 Å². The van der Waals surface area contributed by atoms with E-state index >= 15 is 0 Å². The molecule has 1 fully saturated rings. The number of nitro groups is 1. The lowest BCUT2D eigenvalue weighted by atomic mass is 9.60. The molecule has 5 nitrogen and oxygen atoms in total. The molecule has 0 saturated heterocycles. The van der Waals surface area contributed by atoms with E-state index in [0.29, 0.717) is 45.1 Å². The molecule has 0 bridgehead atoms. The highest BCUT2D eigenvalue weighted by atomic mass is 28.4. The van der Waals surface area contributed by atoms with Crippen molar-refractivity contribution >= 4 is 8.32 Å². The third-order valence-electron chi connectivity index (χ3n) is 8.50. The van der Waals surface area contributed by atoms with Crippen LogP contribution in [0.1, 0.15) is 70.4 Å². The van der Waals surface area contributed by atoms with E-state index in [1.807, 2.05) is 36.4 Å². The summed E-state index contributed by atoms with van der Waals surface area (Å²) < 4.78 is 6.23. The smallest absolute Gasteiger partial charge is 0.247 e. The molecular weight excluding hydrogens is 442 g/mol. The van der Waals surface area contributed by atoms with Gasteiger partial charge in [0, 0.05) is 29.8 Å². The molecule has 2 aromatic carbocycles. The van der Waals surface area contributed by atoms with Crippen molar-refractivity contribution in [1.82, 2.24) is 0 Å². The highest BCUT2D eigenvalue weighted by Crippen LogP contribution is 2.50. The highest BCUT2D eigenvalue weighted by Gasteiger charge is 2.55. The molecule has 0 aliphatic heterocycles. The molecular formula is C28H41NO4Si. The van der Waals surface area contributed by atoms with Gasteiger partial charge in [-0.1, -0.05) is 81.4 Å². The maximum absolute atomic E-state index is 12.3. The first-order valence-corrected chi connectivity index (χ1v) is 15.4. The summed E-state index contributed by atoms with van der Waals surface area (Å²) in [5.41, 5.74) is 0.808. The van der Waals surface area contributed by atoms with Crippen LogP contribution in [0.2, 0.25) is 18.1 Å². The van der Waals surface area contributed by atoms with Gasteiger partial charge in [-0.05, 0) is 54.9 Å². The summed E-state index contributed by atoms with van der Waals surface area (Å²) in [6, 6.07) is 20.6. The molecule has 1 atom stereocenters.